The highest BCUT2D eigenvalue weighted by molar-refractivity contribution is 9.10. The lowest BCUT2D eigenvalue weighted by molar-refractivity contribution is 0.581. The fourth-order valence-corrected chi connectivity index (χ4v) is 4.21. The molecule has 1 aromatic carbocycles. The van der Waals surface area contributed by atoms with Crippen molar-refractivity contribution in [3.8, 4) is 0 Å². The van der Waals surface area contributed by atoms with Gasteiger partial charge in [0.2, 0.25) is 10.0 Å². The highest BCUT2D eigenvalue weighted by atomic mass is 79.9. The molecule has 1 heterocycles. The van der Waals surface area contributed by atoms with E-state index in [1.807, 2.05) is 5.38 Å². The molecule has 8 heteroatoms. The lowest BCUT2D eigenvalue weighted by Crippen LogP contribution is -2.26. The summed E-state index contributed by atoms with van der Waals surface area (Å²) >= 11 is 4.69. The fraction of sp³-hybridized carbons (Fsp3) is 0.182. The Morgan fingerprint density at radius 2 is 2.21 bits per heavy atom. The third kappa shape index (κ3) is 3.75. The Hall–Kier alpha value is -0.960. The van der Waals surface area contributed by atoms with Gasteiger partial charge < -0.3 is 5.73 Å². The van der Waals surface area contributed by atoms with Gasteiger partial charge in [-0.1, -0.05) is 0 Å². The first kappa shape index (κ1) is 14.4. The summed E-state index contributed by atoms with van der Waals surface area (Å²) in [6.45, 7) is 0.308. The van der Waals surface area contributed by atoms with Crippen molar-refractivity contribution < 1.29 is 8.42 Å². The number of aromatic nitrogens is 1. The summed E-state index contributed by atoms with van der Waals surface area (Å²) in [7, 11) is -3.54. The van der Waals surface area contributed by atoms with Gasteiger partial charge in [-0.25, -0.2) is 18.1 Å². The fourth-order valence-electron chi connectivity index (χ4n) is 1.49. The summed E-state index contributed by atoms with van der Waals surface area (Å²) in [5, 5.41) is 1.90. The van der Waals surface area contributed by atoms with E-state index in [2.05, 4.69) is 25.6 Å². The lowest BCUT2D eigenvalue weighted by atomic mass is 10.3. The third-order valence-electron chi connectivity index (χ3n) is 2.40. The van der Waals surface area contributed by atoms with Crippen LogP contribution in [0.5, 0.6) is 0 Å². The highest BCUT2D eigenvalue weighted by Crippen LogP contribution is 2.23. The zero-order chi connectivity index (χ0) is 13.9. The first-order chi connectivity index (χ1) is 8.99. The van der Waals surface area contributed by atoms with E-state index in [1.54, 1.807) is 17.6 Å². The summed E-state index contributed by atoms with van der Waals surface area (Å²) in [4.78, 5) is 4.28. The Labute approximate surface area is 124 Å². The van der Waals surface area contributed by atoms with Crippen LogP contribution in [0.3, 0.4) is 0 Å². The number of hydrogen-bond acceptors (Lipinski definition) is 5. The lowest BCUT2D eigenvalue weighted by Gasteiger charge is -2.08. The number of nitrogens with zero attached hydrogens (tertiary/aromatic N) is 1. The van der Waals surface area contributed by atoms with Crippen LogP contribution in [0.25, 0.3) is 0 Å². The standard InChI is InChI=1S/C11H12BrN3O2S2/c12-10-5-8(13)1-2-11(10)19(16,17)15-4-3-9-6-18-7-14-9/h1-2,5-7,15H,3-4,13H2. The second kappa shape index (κ2) is 6.00. The van der Waals surface area contributed by atoms with Gasteiger partial charge in [0, 0.05) is 28.5 Å². The molecule has 0 amide bonds. The van der Waals surface area contributed by atoms with Crippen LogP contribution in [0.4, 0.5) is 5.69 Å². The molecule has 0 aliphatic rings. The van der Waals surface area contributed by atoms with E-state index < -0.39 is 10.0 Å². The van der Waals surface area contributed by atoms with Gasteiger partial charge in [0.15, 0.2) is 0 Å². The van der Waals surface area contributed by atoms with E-state index >= 15 is 0 Å². The zero-order valence-electron chi connectivity index (χ0n) is 9.84. The first-order valence-corrected chi connectivity index (χ1v) is 8.63. The Morgan fingerprint density at radius 1 is 1.42 bits per heavy atom. The van der Waals surface area contributed by atoms with Crippen LogP contribution in [0.15, 0.2) is 38.5 Å². The maximum absolute atomic E-state index is 12.1. The largest absolute Gasteiger partial charge is 0.399 e. The van der Waals surface area contributed by atoms with Gasteiger partial charge in [0.1, 0.15) is 0 Å². The summed E-state index contributed by atoms with van der Waals surface area (Å²) in [5.74, 6) is 0. The second-order valence-electron chi connectivity index (χ2n) is 3.82. The number of sulfonamides is 1. The molecule has 0 spiro atoms. The molecule has 0 saturated heterocycles. The van der Waals surface area contributed by atoms with E-state index in [9.17, 15) is 8.42 Å². The highest BCUT2D eigenvalue weighted by Gasteiger charge is 2.17. The van der Waals surface area contributed by atoms with Gasteiger partial charge in [-0.3, -0.25) is 0 Å². The van der Waals surface area contributed by atoms with Crippen molar-refractivity contribution in [1.29, 1.82) is 0 Å². The molecule has 0 bridgehead atoms. The number of benzene rings is 1. The average molecular weight is 362 g/mol. The van der Waals surface area contributed by atoms with Gasteiger partial charge in [-0.15, -0.1) is 11.3 Å². The molecule has 102 valence electrons. The van der Waals surface area contributed by atoms with Crippen LogP contribution in [0, 0.1) is 0 Å². The zero-order valence-corrected chi connectivity index (χ0v) is 13.1. The quantitative estimate of drug-likeness (QED) is 0.797. The molecule has 0 aliphatic carbocycles. The molecule has 0 atom stereocenters. The van der Waals surface area contributed by atoms with Crippen molar-refractivity contribution >= 4 is 43.0 Å². The Morgan fingerprint density at radius 3 is 2.84 bits per heavy atom. The number of halogens is 1. The van der Waals surface area contributed by atoms with Gasteiger partial charge >= 0.3 is 0 Å². The molecular weight excluding hydrogens is 350 g/mol. The SMILES string of the molecule is Nc1ccc(S(=O)(=O)NCCc2cscn2)c(Br)c1. The minimum atomic E-state index is -3.54. The predicted molar refractivity (Wildman–Crippen MR) is 79.6 cm³/mol. The smallest absolute Gasteiger partial charge is 0.241 e. The third-order valence-corrected chi connectivity index (χ3v) is 5.48. The summed E-state index contributed by atoms with van der Waals surface area (Å²) in [5.41, 5.74) is 8.69. The van der Waals surface area contributed by atoms with Crippen molar-refractivity contribution in [2.75, 3.05) is 12.3 Å². The van der Waals surface area contributed by atoms with E-state index in [4.69, 9.17) is 5.73 Å². The molecule has 0 saturated carbocycles. The van der Waals surface area contributed by atoms with Crippen LogP contribution in [-0.4, -0.2) is 19.9 Å². The van der Waals surface area contributed by atoms with Gasteiger partial charge in [0.05, 0.1) is 16.1 Å². The Bertz CT molecular complexity index is 657. The number of nitrogens with one attached hydrogen (secondary N) is 1. The van der Waals surface area contributed by atoms with E-state index in [0.29, 0.717) is 23.1 Å². The Kier molecular flexibility index (Phi) is 4.56. The second-order valence-corrected chi connectivity index (χ2v) is 7.13. The van der Waals surface area contributed by atoms with Crippen molar-refractivity contribution in [3.05, 3.63) is 39.3 Å². The summed E-state index contributed by atoms with van der Waals surface area (Å²) < 4.78 is 27.2. The molecule has 0 radical (unpaired) electrons. The predicted octanol–water partition coefficient (Wildman–Crippen LogP) is 2.01. The summed E-state index contributed by atoms with van der Waals surface area (Å²) in [6.07, 6.45) is 0.565. The molecule has 2 rings (SSSR count). The minimum absolute atomic E-state index is 0.181. The molecule has 0 aliphatic heterocycles. The monoisotopic (exact) mass is 361 g/mol. The molecule has 0 unspecified atom stereocenters. The van der Waals surface area contributed by atoms with Crippen LogP contribution in [-0.2, 0) is 16.4 Å². The van der Waals surface area contributed by atoms with Crippen molar-refractivity contribution in [2.24, 2.45) is 0 Å². The van der Waals surface area contributed by atoms with Crippen LogP contribution in [0.2, 0.25) is 0 Å². The molecule has 3 N–H and O–H groups in total. The minimum Gasteiger partial charge on any atom is -0.399 e. The molecule has 0 fully saturated rings. The van der Waals surface area contributed by atoms with Gasteiger partial charge in [-0.05, 0) is 34.1 Å². The van der Waals surface area contributed by atoms with Gasteiger partial charge in [0.25, 0.3) is 0 Å². The Balaban J connectivity index is 2.05. The number of hydrogen-bond donors (Lipinski definition) is 2. The number of thiazole rings is 1. The molecule has 19 heavy (non-hydrogen) atoms. The first-order valence-electron chi connectivity index (χ1n) is 5.41. The van der Waals surface area contributed by atoms with Crippen molar-refractivity contribution in [3.63, 3.8) is 0 Å². The van der Waals surface area contributed by atoms with Crippen molar-refractivity contribution in [1.82, 2.24) is 9.71 Å². The van der Waals surface area contributed by atoms with Crippen molar-refractivity contribution in [2.45, 2.75) is 11.3 Å². The van der Waals surface area contributed by atoms with Crippen LogP contribution >= 0.6 is 27.3 Å². The molecular formula is C11H12BrN3O2S2. The number of nitrogens with two attached hydrogens (primary N) is 1. The van der Waals surface area contributed by atoms with Gasteiger partial charge in [-0.2, -0.15) is 0 Å². The average Bonchev–Trinajstić information content (AvgIpc) is 2.81. The van der Waals surface area contributed by atoms with E-state index in [-0.39, 0.29) is 4.90 Å². The molecule has 5 nitrogen and oxygen atoms in total. The number of rotatable bonds is 5. The maximum Gasteiger partial charge on any atom is 0.241 e. The number of anilines is 1. The normalized spacial score (nSPS) is 11.6. The van der Waals surface area contributed by atoms with E-state index in [0.717, 1.165) is 5.69 Å². The van der Waals surface area contributed by atoms with Crippen LogP contribution in [0.1, 0.15) is 5.69 Å². The van der Waals surface area contributed by atoms with Crippen LogP contribution < -0.4 is 10.5 Å². The maximum atomic E-state index is 12.1. The topological polar surface area (TPSA) is 85.1 Å². The van der Waals surface area contributed by atoms with E-state index in [1.165, 1.54) is 17.4 Å². The number of nitrogen functional groups attached to an aromatic ring is 1. The molecule has 2 aromatic rings. The molecule has 1 aromatic heterocycles. The summed E-state index contributed by atoms with van der Waals surface area (Å²) in [6, 6.07) is 4.60.